The lowest BCUT2D eigenvalue weighted by atomic mass is 10.0. The Balaban J connectivity index is 4.23. The van der Waals surface area contributed by atoms with Crippen LogP contribution in [0.25, 0.3) is 0 Å². The molecule has 0 amide bonds. The Labute approximate surface area is 400 Å². The number of unbranched alkanes of at least 4 members (excludes halogenated alkanes) is 21. The highest BCUT2D eigenvalue weighted by molar-refractivity contribution is 5.72. The van der Waals surface area contributed by atoms with E-state index in [1.165, 1.54) is 103 Å². The highest BCUT2D eigenvalue weighted by atomic mass is 16.6. The molecule has 2 atom stereocenters. The largest absolute Gasteiger partial charge is 0.477 e. The van der Waals surface area contributed by atoms with Gasteiger partial charge < -0.3 is 23.8 Å². The van der Waals surface area contributed by atoms with E-state index in [4.69, 9.17) is 14.2 Å². The molecule has 0 heterocycles. The average Bonchev–Trinajstić information content (AvgIpc) is 3.27. The first-order valence-electron chi connectivity index (χ1n) is 26.5. The third-order valence-electron chi connectivity index (χ3n) is 11.6. The SMILES string of the molecule is CC/C=C/C/C=C/C/C=C/C/C=C/CCCCCCCCCC(=O)OCC(COCCC(C(=O)O)[N+](C)(C)C)OC(=O)CCCCCCCCCCCCCCCC/C=C/C/C=C/CC. The molecule has 0 aromatic carbocycles. The van der Waals surface area contributed by atoms with Crippen LogP contribution in [0.5, 0.6) is 0 Å². The molecule has 0 radical (unpaired) electrons. The predicted molar refractivity (Wildman–Crippen MR) is 275 cm³/mol. The molecule has 8 heteroatoms. The molecule has 0 rings (SSSR count). The fourth-order valence-electron chi connectivity index (χ4n) is 7.59. The van der Waals surface area contributed by atoms with Crippen LogP contribution in [0.1, 0.15) is 219 Å². The molecular formula is C57H100NO7+. The molecule has 0 saturated carbocycles. The molecule has 65 heavy (non-hydrogen) atoms. The Hall–Kier alpha value is -3.23. The quantitative estimate of drug-likeness (QED) is 0.0281. The van der Waals surface area contributed by atoms with E-state index in [1.807, 2.05) is 21.1 Å². The first-order chi connectivity index (χ1) is 31.6. The molecule has 0 bridgehead atoms. The number of esters is 2. The van der Waals surface area contributed by atoms with Crippen LogP contribution in [0.15, 0.2) is 72.9 Å². The Bertz CT molecular complexity index is 1290. The van der Waals surface area contributed by atoms with Gasteiger partial charge in [-0.1, -0.05) is 196 Å². The van der Waals surface area contributed by atoms with E-state index >= 15 is 0 Å². The van der Waals surface area contributed by atoms with Crippen molar-refractivity contribution in [2.45, 2.75) is 231 Å². The van der Waals surface area contributed by atoms with Crippen LogP contribution in [0, 0.1) is 0 Å². The summed E-state index contributed by atoms with van der Waals surface area (Å²) in [5, 5.41) is 9.66. The second kappa shape index (κ2) is 47.3. The first-order valence-corrected chi connectivity index (χ1v) is 26.5. The van der Waals surface area contributed by atoms with Gasteiger partial charge in [0.15, 0.2) is 12.1 Å². The fraction of sp³-hybridized carbons (Fsp3) is 0.737. The van der Waals surface area contributed by atoms with Gasteiger partial charge in [0, 0.05) is 19.3 Å². The number of hydrogen-bond acceptors (Lipinski definition) is 6. The third kappa shape index (κ3) is 45.7. The van der Waals surface area contributed by atoms with E-state index in [0.29, 0.717) is 19.3 Å². The summed E-state index contributed by atoms with van der Waals surface area (Å²) >= 11 is 0. The molecule has 2 unspecified atom stereocenters. The summed E-state index contributed by atoms with van der Waals surface area (Å²) < 4.78 is 17.4. The fourth-order valence-corrected chi connectivity index (χ4v) is 7.59. The molecule has 0 aliphatic heterocycles. The Morgan fingerprint density at radius 1 is 0.462 bits per heavy atom. The summed E-state index contributed by atoms with van der Waals surface area (Å²) in [6, 6.07) is -0.619. The lowest BCUT2D eigenvalue weighted by molar-refractivity contribution is -0.887. The van der Waals surface area contributed by atoms with Crippen LogP contribution in [0.3, 0.4) is 0 Å². The lowest BCUT2D eigenvalue weighted by Crippen LogP contribution is -2.50. The number of carboxylic acid groups (broad SMARTS) is 1. The normalized spacial score (nSPS) is 13.4. The van der Waals surface area contributed by atoms with Crippen molar-refractivity contribution in [3.63, 3.8) is 0 Å². The van der Waals surface area contributed by atoms with Crippen molar-refractivity contribution >= 4 is 17.9 Å². The minimum Gasteiger partial charge on any atom is -0.477 e. The maximum atomic E-state index is 12.8. The first kappa shape index (κ1) is 61.8. The molecule has 0 aliphatic rings. The number of likely N-dealkylation sites (N-methyl/N-ethyl adjacent to an activating group) is 1. The van der Waals surface area contributed by atoms with Gasteiger partial charge in [-0.25, -0.2) is 4.79 Å². The van der Waals surface area contributed by atoms with Crippen molar-refractivity contribution < 1.29 is 38.2 Å². The molecular weight excluding hydrogens is 811 g/mol. The van der Waals surface area contributed by atoms with Crippen molar-refractivity contribution in [2.75, 3.05) is 41.0 Å². The van der Waals surface area contributed by atoms with Crippen LogP contribution in [0.2, 0.25) is 0 Å². The highest BCUT2D eigenvalue weighted by Gasteiger charge is 2.31. The summed E-state index contributed by atoms with van der Waals surface area (Å²) in [5.41, 5.74) is 0. The highest BCUT2D eigenvalue weighted by Crippen LogP contribution is 2.16. The van der Waals surface area contributed by atoms with Gasteiger partial charge in [0.2, 0.25) is 0 Å². The smallest absolute Gasteiger partial charge is 0.362 e. The molecule has 1 N–H and O–H groups in total. The molecule has 0 saturated heterocycles. The van der Waals surface area contributed by atoms with E-state index in [0.717, 1.165) is 83.5 Å². The number of rotatable bonds is 47. The molecule has 0 aromatic heterocycles. The van der Waals surface area contributed by atoms with Crippen LogP contribution >= 0.6 is 0 Å². The number of carboxylic acids is 1. The zero-order valence-electron chi connectivity index (χ0n) is 42.7. The zero-order valence-corrected chi connectivity index (χ0v) is 42.7. The van der Waals surface area contributed by atoms with Gasteiger partial charge in [0.25, 0.3) is 0 Å². The molecule has 8 nitrogen and oxygen atoms in total. The Morgan fingerprint density at radius 2 is 0.815 bits per heavy atom. The van der Waals surface area contributed by atoms with Gasteiger partial charge >= 0.3 is 17.9 Å². The number of hydrogen-bond donors (Lipinski definition) is 1. The summed E-state index contributed by atoms with van der Waals surface area (Å²) in [6.45, 7) is 4.53. The molecule has 374 valence electrons. The van der Waals surface area contributed by atoms with Crippen LogP contribution < -0.4 is 0 Å². The average molecular weight is 911 g/mol. The zero-order chi connectivity index (χ0) is 47.7. The molecule has 0 fully saturated rings. The topological polar surface area (TPSA) is 99.1 Å². The summed E-state index contributed by atoms with van der Waals surface area (Å²) in [6.07, 6.45) is 60.9. The van der Waals surface area contributed by atoms with Gasteiger partial charge in [0.05, 0.1) is 34.4 Å². The summed E-state index contributed by atoms with van der Waals surface area (Å²) in [5.74, 6) is -1.48. The van der Waals surface area contributed by atoms with E-state index in [1.54, 1.807) is 0 Å². The predicted octanol–water partition coefficient (Wildman–Crippen LogP) is 15.5. The van der Waals surface area contributed by atoms with Gasteiger partial charge in [-0.05, 0) is 77.0 Å². The summed E-state index contributed by atoms with van der Waals surface area (Å²) in [7, 11) is 5.53. The second-order valence-electron chi connectivity index (χ2n) is 18.7. The number of quaternary nitrogens is 1. The monoisotopic (exact) mass is 911 g/mol. The molecule has 0 aliphatic carbocycles. The van der Waals surface area contributed by atoms with Crippen LogP contribution in [-0.2, 0) is 28.6 Å². The lowest BCUT2D eigenvalue weighted by Gasteiger charge is -2.31. The molecule has 0 spiro atoms. The van der Waals surface area contributed by atoms with Gasteiger partial charge in [-0.3, -0.25) is 9.59 Å². The standard InChI is InChI=1S/C57H99NO7/c1-6-8-10-12-14-16-18-20-22-24-26-28-30-32-34-36-38-40-42-44-46-48-56(60)65-53(51-63-50-49-54(57(61)62)58(3,4)5)52-64-55(59)47-45-43-41-39-37-35-33-31-29-27-25-23-21-19-17-15-13-11-9-7-2/h8-11,14-17,21,23,27,29,53-54H,6-7,12-13,18-20,22,24-26,28,30-52H2,1-5H3/p+1/b10-8+,11-9+,16-14+,17-15+,23-21+,29-27+. The van der Waals surface area contributed by atoms with Crippen molar-refractivity contribution in [1.82, 2.24) is 0 Å². The number of aliphatic carboxylic acids is 1. The van der Waals surface area contributed by atoms with E-state index < -0.39 is 18.1 Å². The van der Waals surface area contributed by atoms with E-state index in [-0.39, 0.29) is 36.2 Å². The summed E-state index contributed by atoms with van der Waals surface area (Å²) in [4.78, 5) is 37.2. The van der Waals surface area contributed by atoms with E-state index in [2.05, 4.69) is 86.8 Å². The maximum absolute atomic E-state index is 12.8. The number of allylic oxidation sites excluding steroid dienone is 12. The van der Waals surface area contributed by atoms with Gasteiger partial charge in [-0.2, -0.15) is 0 Å². The molecule has 0 aromatic rings. The maximum Gasteiger partial charge on any atom is 0.362 e. The Morgan fingerprint density at radius 3 is 1.20 bits per heavy atom. The van der Waals surface area contributed by atoms with Crippen molar-refractivity contribution in [3.8, 4) is 0 Å². The Kier molecular flexibility index (Phi) is 44.9. The number of nitrogens with zero attached hydrogens (tertiary/aromatic N) is 1. The van der Waals surface area contributed by atoms with Crippen molar-refractivity contribution in [1.29, 1.82) is 0 Å². The van der Waals surface area contributed by atoms with Crippen LogP contribution in [-0.4, -0.2) is 80.6 Å². The van der Waals surface area contributed by atoms with Gasteiger partial charge in [-0.15, -0.1) is 0 Å². The third-order valence-corrected chi connectivity index (χ3v) is 11.6. The van der Waals surface area contributed by atoms with E-state index in [9.17, 15) is 19.5 Å². The van der Waals surface area contributed by atoms with Crippen molar-refractivity contribution in [2.24, 2.45) is 0 Å². The van der Waals surface area contributed by atoms with Crippen molar-refractivity contribution in [3.05, 3.63) is 72.9 Å². The number of carbonyl (C=O) groups is 3. The number of ether oxygens (including phenoxy) is 3. The minimum absolute atomic E-state index is 0.0558. The second-order valence-corrected chi connectivity index (χ2v) is 18.7. The minimum atomic E-state index is -0.877. The van der Waals surface area contributed by atoms with Crippen LogP contribution in [0.4, 0.5) is 0 Å². The van der Waals surface area contributed by atoms with Gasteiger partial charge in [0.1, 0.15) is 6.61 Å². The number of carbonyl (C=O) groups excluding carboxylic acids is 2.